The fourth-order valence-electron chi connectivity index (χ4n) is 5.43. The van der Waals surface area contributed by atoms with Crippen LogP contribution in [0.1, 0.15) is 25.5 Å². The topological polar surface area (TPSA) is 110 Å². The highest BCUT2D eigenvalue weighted by Gasteiger charge is 2.47. The first kappa shape index (κ1) is 24.8. The molecule has 1 saturated heterocycles. The lowest BCUT2D eigenvalue weighted by atomic mass is 10.00. The molecular weight excluding hydrogens is 504 g/mol. The van der Waals surface area contributed by atoms with Gasteiger partial charge in [-0.15, -0.1) is 0 Å². The van der Waals surface area contributed by atoms with Crippen LogP contribution < -0.4 is 20.7 Å². The van der Waals surface area contributed by atoms with Gasteiger partial charge in [0.2, 0.25) is 0 Å². The number of pyridine rings is 1. The van der Waals surface area contributed by atoms with Crippen molar-refractivity contribution in [3.63, 3.8) is 0 Å². The summed E-state index contributed by atoms with van der Waals surface area (Å²) >= 11 is 0. The second-order valence-corrected chi connectivity index (χ2v) is 9.96. The summed E-state index contributed by atoms with van der Waals surface area (Å²) in [5.41, 5.74) is 8.98. The van der Waals surface area contributed by atoms with Crippen molar-refractivity contribution in [1.29, 1.82) is 0 Å². The van der Waals surface area contributed by atoms with Gasteiger partial charge in [0.1, 0.15) is 11.6 Å². The van der Waals surface area contributed by atoms with Gasteiger partial charge in [0.25, 0.3) is 5.92 Å². The fraction of sp³-hybridized carbons (Fsp3) is 0.286. The molecule has 0 aliphatic carbocycles. The number of fused-ring (bicyclic) bond motifs is 3. The number of aromatic nitrogens is 3. The minimum Gasteiger partial charge on any atom is -0.424 e. The summed E-state index contributed by atoms with van der Waals surface area (Å²) in [5.74, 6) is -1.84. The monoisotopic (exact) mass is 531 g/mol. The normalized spacial score (nSPS) is 19.2. The number of primary amides is 1. The van der Waals surface area contributed by atoms with Gasteiger partial charge in [-0.1, -0.05) is 0 Å². The number of nitrogens with two attached hydrogens (primary N) is 1. The third kappa shape index (κ3) is 4.53. The molecule has 9 nitrogen and oxygen atoms in total. The summed E-state index contributed by atoms with van der Waals surface area (Å²) < 4.78 is 36.4. The number of nitrogens with zero attached hydrogens (tertiary/aromatic N) is 5. The Balaban J connectivity index is 1.41. The average molecular weight is 532 g/mol. The van der Waals surface area contributed by atoms with Crippen LogP contribution in [0.3, 0.4) is 0 Å². The first-order valence-electron chi connectivity index (χ1n) is 12.7. The summed E-state index contributed by atoms with van der Waals surface area (Å²) in [5, 5.41) is 3.67. The molecular formula is C28H27F2N7O2. The van der Waals surface area contributed by atoms with Crippen molar-refractivity contribution in [3.05, 3.63) is 66.2 Å². The zero-order valence-corrected chi connectivity index (χ0v) is 21.5. The van der Waals surface area contributed by atoms with Crippen LogP contribution in [0.25, 0.3) is 22.2 Å². The average Bonchev–Trinajstić information content (AvgIpc) is 3.19. The van der Waals surface area contributed by atoms with Crippen molar-refractivity contribution in [2.45, 2.75) is 38.6 Å². The molecule has 11 heteroatoms. The molecule has 2 aliphatic rings. The Bertz CT molecular complexity index is 1570. The highest BCUT2D eigenvalue weighted by atomic mass is 19.2. The van der Waals surface area contributed by atoms with Gasteiger partial charge in [0, 0.05) is 55.0 Å². The molecule has 0 radical (unpaired) electrons. The van der Waals surface area contributed by atoms with Gasteiger partial charge in [-0.2, -0.15) is 4.39 Å². The Kier molecular flexibility index (Phi) is 5.93. The lowest BCUT2D eigenvalue weighted by Crippen LogP contribution is -2.54. The van der Waals surface area contributed by atoms with Crippen LogP contribution in [0.15, 0.2) is 54.7 Å². The van der Waals surface area contributed by atoms with Crippen molar-refractivity contribution < 1.29 is 18.3 Å². The van der Waals surface area contributed by atoms with Crippen molar-refractivity contribution in [3.8, 4) is 23.0 Å². The predicted molar refractivity (Wildman–Crippen MR) is 144 cm³/mol. The third-order valence-electron chi connectivity index (χ3n) is 7.22. The number of anilines is 2. The van der Waals surface area contributed by atoms with Gasteiger partial charge in [0.05, 0.1) is 22.6 Å². The van der Waals surface area contributed by atoms with E-state index in [1.54, 1.807) is 40.3 Å². The number of ether oxygens (including phenoxy) is 1. The Hall–Kier alpha value is -4.54. The molecule has 1 atom stereocenters. The van der Waals surface area contributed by atoms with Crippen LogP contribution in [0.2, 0.25) is 0 Å². The molecule has 4 aromatic rings. The predicted octanol–water partition coefficient (Wildman–Crippen LogP) is 5.35. The van der Waals surface area contributed by atoms with Crippen LogP contribution in [0, 0.1) is 12.7 Å². The number of alkyl halides is 1. The number of likely N-dealkylation sites (tertiary alicyclic amines) is 1. The largest absolute Gasteiger partial charge is 0.424 e. The van der Waals surface area contributed by atoms with Crippen molar-refractivity contribution in [2.75, 3.05) is 23.3 Å². The Morgan fingerprint density at radius 1 is 1.13 bits per heavy atom. The zero-order valence-electron chi connectivity index (χ0n) is 21.5. The van der Waals surface area contributed by atoms with Crippen molar-refractivity contribution in [1.82, 2.24) is 19.9 Å². The number of piperidine rings is 1. The number of nitrogens with one attached hydrogen (secondary N) is 1. The number of carbonyl (C=O) groups excluding carboxylic acids is 1. The van der Waals surface area contributed by atoms with Gasteiger partial charge in [0.15, 0.2) is 0 Å². The van der Waals surface area contributed by atoms with E-state index in [4.69, 9.17) is 15.5 Å². The van der Waals surface area contributed by atoms with E-state index in [2.05, 4.69) is 15.3 Å². The van der Waals surface area contributed by atoms with Crippen molar-refractivity contribution in [2.24, 2.45) is 5.73 Å². The maximum absolute atomic E-state index is 16.3. The summed E-state index contributed by atoms with van der Waals surface area (Å²) in [6.07, 6.45) is 2.70. The first-order valence-corrected chi connectivity index (χ1v) is 12.7. The zero-order chi connectivity index (χ0) is 27.3. The maximum Gasteiger partial charge on any atom is 0.322 e. The van der Waals surface area contributed by atoms with E-state index < -0.39 is 17.8 Å². The molecule has 0 saturated carbocycles. The van der Waals surface area contributed by atoms with Gasteiger partial charge in [-0.3, -0.25) is 0 Å². The molecule has 2 aromatic carbocycles. The number of amides is 2. The fourth-order valence-corrected chi connectivity index (χ4v) is 5.43. The minimum atomic E-state index is -1.94. The van der Waals surface area contributed by atoms with Crippen LogP contribution >= 0.6 is 0 Å². The van der Waals surface area contributed by atoms with Gasteiger partial charge in [-0.05, 0) is 62.2 Å². The van der Waals surface area contributed by atoms with E-state index in [1.807, 2.05) is 19.1 Å². The lowest BCUT2D eigenvalue weighted by molar-refractivity contribution is 0.164. The number of aryl methyl sites for hydroxylation is 1. The number of benzene rings is 2. The smallest absolute Gasteiger partial charge is 0.322 e. The quantitative estimate of drug-likeness (QED) is 0.342. The number of carbonyl (C=O) groups is 1. The van der Waals surface area contributed by atoms with Crippen LogP contribution in [0.5, 0.6) is 11.8 Å². The van der Waals surface area contributed by atoms with Crippen LogP contribution in [-0.4, -0.2) is 50.9 Å². The highest BCUT2D eigenvalue weighted by molar-refractivity contribution is 6.06. The standard InChI is InChI=1S/C28H27F2N7O2/c1-16-9-12-32-27(33-16)39-20-6-3-17(4-7-20)23-24-25(21-8-5-18(29)15-22(21)34-23)37(28(2,30)35-24)19-10-13-36(14-11-19)26(31)38/h3-9,12,15,19,35H,10-11,13-14H2,1-2H3,(H2,31,38). The van der Waals surface area contributed by atoms with E-state index in [0.29, 0.717) is 65.2 Å². The van der Waals surface area contributed by atoms with Gasteiger partial charge in [-0.25, -0.2) is 24.1 Å². The van der Waals surface area contributed by atoms with E-state index >= 15 is 4.39 Å². The van der Waals surface area contributed by atoms with Gasteiger partial charge < -0.3 is 25.6 Å². The molecule has 2 aromatic heterocycles. The number of hydrogen-bond acceptors (Lipinski definition) is 7. The molecule has 4 heterocycles. The molecule has 2 amide bonds. The maximum atomic E-state index is 16.3. The van der Waals surface area contributed by atoms with Crippen LogP contribution in [0.4, 0.5) is 25.0 Å². The molecule has 0 spiro atoms. The summed E-state index contributed by atoms with van der Waals surface area (Å²) in [6.45, 7) is 4.17. The second kappa shape index (κ2) is 9.33. The summed E-state index contributed by atoms with van der Waals surface area (Å²) in [7, 11) is 0. The molecule has 6 rings (SSSR count). The number of halogens is 2. The molecule has 1 unspecified atom stereocenters. The van der Waals surface area contributed by atoms with Crippen LogP contribution in [-0.2, 0) is 0 Å². The van der Waals surface area contributed by atoms with Crippen molar-refractivity contribution >= 4 is 28.3 Å². The minimum absolute atomic E-state index is 0.210. The first-order chi connectivity index (χ1) is 18.7. The highest BCUT2D eigenvalue weighted by Crippen LogP contribution is 2.51. The second-order valence-electron chi connectivity index (χ2n) is 9.96. The molecule has 1 fully saturated rings. The molecule has 2 aliphatic heterocycles. The Morgan fingerprint density at radius 3 is 2.56 bits per heavy atom. The van der Waals surface area contributed by atoms with E-state index in [0.717, 1.165) is 5.69 Å². The van der Waals surface area contributed by atoms with E-state index in [-0.39, 0.29) is 12.1 Å². The van der Waals surface area contributed by atoms with E-state index in [1.165, 1.54) is 19.1 Å². The molecule has 200 valence electrons. The summed E-state index contributed by atoms with van der Waals surface area (Å²) in [4.78, 5) is 28.0. The van der Waals surface area contributed by atoms with E-state index in [9.17, 15) is 9.18 Å². The number of urea groups is 1. The lowest BCUT2D eigenvalue weighted by Gasteiger charge is -2.41. The summed E-state index contributed by atoms with van der Waals surface area (Å²) in [6, 6.07) is 12.8. The molecule has 39 heavy (non-hydrogen) atoms. The Labute approximate surface area is 223 Å². The number of hydrogen-bond donors (Lipinski definition) is 2. The van der Waals surface area contributed by atoms with Gasteiger partial charge >= 0.3 is 12.0 Å². The molecule has 0 bridgehead atoms. The SMILES string of the molecule is Cc1ccnc(Oc2ccc(-c3nc4cc(F)ccc4c4c3NC(C)(F)N4C3CCN(C(N)=O)CC3)cc2)n1. The molecule has 3 N–H and O–H groups in total. The Morgan fingerprint density at radius 2 is 1.87 bits per heavy atom. The number of rotatable bonds is 4. The third-order valence-corrected chi connectivity index (χ3v) is 7.22.